The van der Waals surface area contributed by atoms with Gasteiger partial charge in [0.2, 0.25) is 0 Å². The van der Waals surface area contributed by atoms with Crippen molar-refractivity contribution in [3.8, 4) is 6.07 Å². The van der Waals surface area contributed by atoms with E-state index in [9.17, 15) is 4.79 Å². The number of nitrogen functional groups attached to an aromatic ring is 1. The second-order valence-electron chi connectivity index (χ2n) is 4.66. The number of nitriles is 1. The quantitative estimate of drug-likeness (QED) is 0.801. The summed E-state index contributed by atoms with van der Waals surface area (Å²) in [6.07, 6.45) is 2.21. The number of esters is 1. The zero-order chi connectivity index (χ0) is 13.8. The summed E-state index contributed by atoms with van der Waals surface area (Å²) in [5, 5.41) is 13.0. The SMILES string of the molecule is CCOC(=O)c1nn(CCC(C)(C)C#N)cc1N. The van der Waals surface area contributed by atoms with E-state index in [1.807, 2.05) is 13.8 Å². The van der Waals surface area contributed by atoms with Gasteiger partial charge in [-0.15, -0.1) is 0 Å². The number of aryl methyl sites for hydroxylation is 1. The molecule has 0 amide bonds. The molecule has 2 N–H and O–H groups in total. The highest BCUT2D eigenvalue weighted by molar-refractivity contribution is 5.92. The number of hydrogen-bond donors (Lipinski definition) is 1. The highest BCUT2D eigenvalue weighted by atomic mass is 16.5. The molecule has 0 unspecified atom stereocenters. The van der Waals surface area contributed by atoms with E-state index in [1.54, 1.807) is 17.8 Å². The third-order valence-corrected chi connectivity index (χ3v) is 2.53. The minimum atomic E-state index is -0.520. The zero-order valence-electron chi connectivity index (χ0n) is 10.9. The molecule has 0 fully saturated rings. The van der Waals surface area contributed by atoms with E-state index < -0.39 is 11.4 Å². The normalized spacial score (nSPS) is 11.0. The first-order valence-corrected chi connectivity index (χ1v) is 5.81. The first-order chi connectivity index (χ1) is 8.39. The summed E-state index contributed by atoms with van der Waals surface area (Å²) < 4.78 is 6.41. The number of aromatic nitrogens is 2. The van der Waals surface area contributed by atoms with Gasteiger partial charge in [0, 0.05) is 12.7 Å². The fourth-order valence-corrected chi connectivity index (χ4v) is 1.36. The van der Waals surface area contributed by atoms with E-state index >= 15 is 0 Å². The van der Waals surface area contributed by atoms with E-state index in [4.69, 9.17) is 15.7 Å². The molecule has 1 rings (SSSR count). The molecule has 1 aromatic heterocycles. The number of rotatable bonds is 5. The summed E-state index contributed by atoms with van der Waals surface area (Å²) >= 11 is 0. The molecule has 0 atom stereocenters. The van der Waals surface area contributed by atoms with Gasteiger partial charge in [0.25, 0.3) is 0 Å². The molecule has 0 aliphatic heterocycles. The maximum absolute atomic E-state index is 11.5. The zero-order valence-corrected chi connectivity index (χ0v) is 10.9. The number of carbonyl (C=O) groups is 1. The molecule has 0 spiro atoms. The maximum Gasteiger partial charge on any atom is 0.361 e. The topological polar surface area (TPSA) is 93.9 Å². The lowest BCUT2D eigenvalue weighted by atomic mass is 9.92. The van der Waals surface area contributed by atoms with Gasteiger partial charge in [0.1, 0.15) is 0 Å². The van der Waals surface area contributed by atoms with Gasteiger partial charge in [-0.1, -0.05) is 0 Å². The number of nitrogens with two attached hydrogens (primary N) is 1. The minimum absolute atomic E-state index is 0.131. The van der Waals surface area contributed by atoms with Crippen LogP contribution in [0.4, 0.5) is 5.69 Å². The number of ether oxygens (including phenoxy) is 1. The average Bonchev–Trinajstić information content (AvgIpc) is 2.69. The Bertz CT molecular complexity index is 471. The van der Waals surface area contributed by atoms with Crippen LogP contribution in [0.5, 0.6) is 0 Å². The van der Waals surface area contributed by atoms with Gasteiger partial charge in [-0.3, -0.25) is 4.68 Å². The smallest absolute Gasteiger partial charge is 0.361 e. The van der Waals surface area contributed by atoms with Crippen molar-refractivity contribution in [1.82, 2.24) is 9.78 Å². The third kappa shape index (κ3) is 3.48. The number of hydrogen-bond acceptors (Lipinski definition) is 5. The lowest BCUT2D eigenvalue weighted by Gasteiger charge is -2.14. The molecule has 0 saturated heterocycles. The molecular formula is C12H18N4O2. The summed E-state index contributed by atoms with van der Waals surface area (Å²) in [6.45, 7) is 6.25. The molecule has 1 heterocycles. The van der Waals surface area contributed by atoms with Gasteiger partial charge in [0.15, 0.2) is 5.69 Å². The van der Waals surface area contributed by atoms with E-state index in [1.165, 1.54) is 0 Å². The summed E-state index contributed by atoms with van der Waals surface area (Å²) in [5.74, 6) is -0.520. The third-order valence-electron chi connectivity index (χ3n) is 2.53. The van der Waals surface area contributed by atoms with Crippen molar-refractivity contribution in [2.24, 2.45) is 5.41 Å². The van der Waals surface area contributed by atoms with Gasteiger partial charge in [-0.25, -0.2) is 4.79 Å². The monoisotopic (exact) mass is 250 g/mol. The van der Waals surface area contributed by atoms with Gasteiger partial charge >= 0.3 is 5.97 Å². The number of carbonyl (C=O) groups excluding carboxylic acids is 1. The Morgan fingerprint density at radius 3 is 2.89 bits per heavy atom. The van der Waals surface area contributed by atoms with Crippen LogP contribution in [0.25, 0.3) is 0 Å². The Hall–Kier alpha value is -2.03. The Morgan fingerprint density at radius 1 is 1.67 bits per heavy atom. The Labute approximate surface area is 106 Å². The van der Waals surface area contributed by atoms with E-state index in [2.05, 4.69) is 11.2 Å². The molecule has 0 saturated carbocycles. The van der Waals surface area contributed by atoms with Crippen LogP contribution in [0.1, 0.15) is 37.7 Å². The predicted octanol–water partition coefficient (Wildman–Crippen LogP) is 1.58. The Kier molecular flexibility index (Phi) is 4.32. The fraction of sp³-hybridized carbons (Fsp3) is 0.583. The van der Waals surface area contributed by atoms with Crippen LogP contribution in [0.2, 0.25) is 0 Å². The van der Waals surface area contributed by atoms with Crippen LogP contribution in [0.3, 0.4) is 0 Å². The Morgan fingerprint density at radius 2 is 2.33 bits per heavy atom. The second kappa shape index (κ2) is 5.54. The molecule has 1 aromatic rings. The predicted molar refractivity (Wildman–Crippen MR) is 66.6 cm³/mol. The van der Waals surface area contributed by atoms with Crippen molar-refractivity contribution in [3.63, 3.8) is 0 Å². The van der Waals surface area contributed by atoms with E-state index in [0.717, 1.165) is 0 Å². The largest absolute Gasteiger partial charge is 0.461 e. The lowest BCUT2D eigenvalue weighted by Crippen LogP contribution is -2.13. The lowest BCUT2D eigenvalue weighted by molar-refractivity contribution is 0.0519. The highest BCUT2D eigenvalue weighted by Gasteiger charge is 2.19. The van der Waals surface area contributed by atoms with Crippen LogP contribution in [0.15, 0.2) is 6.20 Å². The second-order valence-corrected chi connectivity index (χ2v) is 4.66. The molecule has 0 aromatic carbocycles. The van der Waals surface area contributed by atoms with E-state index in [-0.39, 0.29) is 12.3 Å². The van der Waals surface area contributed by atoms with Crippen LogP contribution in [-0.2, 0) is 11.3 Å². The molecule has 0 radical (unpaired) electrons. The number of anilines is 1. The van der Waals surface area contributed by atoms with Crippen molar-refractivity contribution in [2.75, 3.05) is 12.3 Å². The van der Waals surface area contributed by atoms with Crippen molar-refractivity contribution >= 4 is 11.7 Å². The minimum Gasteiger partial charge on any atom is -0.461 e. The van der Waals surface area contributed by atoms with Crippen LogP contribution >= 0.6 is 0 Å². The molecule has 0 bridgehead atoms. The van der Waals surface area contributed by atoms with Crippen molar-refractivity contribution in [3.05, 3.63) is 11.9 Å². The standard InChI is InChI=1S/C12H18N4O2/c1-4-18-11(17)10-9(14)7-16(15-10)6-5-12(2,3)8-13/h7H,4-6,14H2,1-3H3. The van der Waals surface area contributed by atoms with Crippen molar-refractivity contribution in [1.29, 1.82) is 5.26 Å². The van der Waals surface area contributed by atoms with Crippen molar-refractivity contribution in [2.45, 2.75) is 33.7 Å². The van der Waals surface area contributed by atoms with E-state index in [0.29, 0.717) is 18.7 Å². The van der Waals surface area contributed by atoms with Gasteiger partial charge < -0.3 is 10.5 Å². The van der Waals surface area contributed by atoms with Crippen LogP contribution in [0, 0.1) is 16.7 Å². The summed E-state index contributed by atoms with van der Waals surface area (Å²) in [7, 11) is 0. The van der Waals surface area contributed by atoms with Gasteiger partial charge in [-0.2, -0.15) is 10.4 Å². The van der Waals surface area contributed by atoms with Crippen LogP contribution < -0.4 is 5.73 Å². The highest BCUT2D eigenvalue weighted by Crippen LogP contribution is 2.20. The molecule has 6 heteroatoms. The average molecular weight is 250 g/mol. The molecule has 6 nitrogen and oxygen atoms in total. The first kappa shape index (κ1) is 14.0. The van der Waals surface area contributed by atoms with Gasteiger partial charge in [0.05, 0.1) is 23.8 Å². The van der Waals surface area contributed by atoms with Crippen molar-refractivity contribution < 1.29 is 9.53 Å². The summed E-state index contributed by atoms with van der Waals surface area (Å²) in [4.78, 5) is 11.5. The number of nitrogens with zero attached hydrogens (tertiary/aromatic N) is 3. The first-order valence-electron chi connectivity index (χ1n) is 5.81. The fourth-order valence-electron chi connectivity index (χ4n) is 1.36. The molecule has 98 valence electrons. The van der Waals surface area contributed by atoms with Gasteiger partial charge in [-0.05, 0) is 27.2 Å². The summed E-state index contributed by atoms with van der Waals surface area (Å²) in [5.41, 5.74) is 5.70. The molecule has 18 heavy (non-hydrogen) atoms. The maximum atomic E-state index is 11.5. The van der Waals surface area contributed by atoms with Crippen LogP contribution in [-0.4, -0.2) is 22.4 Å². The molecular weight excluding hydrogens is 232 g/mol. The summed E-state index contributed by atoms with van der Waals surface area (Å²) in [6, 6.07) is 2.21. The molecule has 0 aliphatic carbocycles. The Balaban J connectivity index is 2.73. The molecule has 0 aliphatic rings.